The van der Waals surface area contributed by atoms with Crippen molar-refractivity contribution in [3.63, 3.8) is 0 Å². The summed E-state index contributed by atoms with van der Waals surface area (Å²) in [6, 6.07) is 13.8. The zero-order valence-corrected chi connectivity index (χ0v) is 19.6. The van der Waals surface area contributed by atoms with Gasteiger partial charge in [0.25, 0.3) is 5.91 Å². The Morgan fingerprint density at radius 1 is 1.15 bits per heavy atom. The summed E-state index contributed by atoms with van der Waals surface area (Å²) in [6.07, 6.45) is -0.0903. The number of nitrogens with zero attached hydrogens (tertiary/aromatic N) is 3. The third kappa shape index (κ3) is 5.12. The first-order chi connectivity index (χ1) is 16.5. The van der Waals surface area contributed by atoms with Crippen LogP contribution in [0.15, 0.2) is 58.5 Å². The highest BCUT2D eigenvalue weighted by Gasteiger charge is 2.42. The number of ether oxygens (including phenoxy) is 2. The fourth-order valence-electron chi connectivity index (χ4n) is 3.55. The molecule has 0 bridgehead atoms. The zero-order chi connectivity index (χ0) is 24.1. The quantitative estimate of drug-likeness (QED) is 0.582. The number of carbonyl (C=O) groups excluding carboxylic acids is 3. The molecule has 0 aliphatic carbocycles. The molecule has 2 aliphatic heterocycles. The number of aliphatic imine (C=N–C) groups is 2. The van der Waals surface area contributed by atoms with Crippen molar-refractivity contribution < 1.29 is 23.9 Å². The molecule has 0 fully saturated rings. The minimum Gasteiger partial charge on any atom is -0.497 e. The Balaban J connectivity index is 1.46. The Labute approximate surface area is 201 Å². The summed E-state index contributed by atoms with van der Waals surface area (Å²) in [4.78, 5) is 48.2. The number of carbonyl (C=O) groups is 3. The minimum atomic E-state index is -0.870. The third-order valence-corrected chi connectivity index (χ3v) is 6.11. The third-order valence-electron chi connectivity index (χ3n) is 5.20. The zero-order valence-electron chi connectivity index (χ0n) is 18.8. The first-order valence-corrected chi connectivity index (χ1v) is 11.8. The highest BCUT2D eigenvalue weighted by molar-refractivity contribution is 8.14. The number of para-hydroxylation sites is 1. The smallest absolute Gasteiger partial charge is 0.316 e. The molecule has 10 heteroatoms. The van der Waals surface area contributed by atoms with E-state index < -0.39 is 12.0 Å². The molecule has 0 radical (unpaired) electrons. The highest BCUT2D eigenvalue weighted by Crippen LogP contribution is 2.34. The van der Waals surface area contributed by atoms with E-state index in [2.05, 4.69) is 15.3 Å². The van der Waals surface area contributed by atoms with Crippen molar-refractivity contribution in [2.24, 2.45) is 9.98 Å². The lowest BCUT2D eigenvalue weighted by molar-refractivity contribution is -0.139. The summed E-state index contributed by atoms with van der Waals surface area (Å²) in [6.45, 7) is 2.34. The topological polar surface area (TPSA) is 110 Å². The SMILES string of the molecule is CCOC(=O)CSC1=Nc2ccccc2C2=N[C@@H](CC(=O)NCc3ccc(OC)cc3)C(=O)N12. The maximum Gasteiger partial charge on any atom is 0.316 e. The van der Waals surface area contributed by atoms with Crippen molar-refractivity contribution in [1.82, 2.24) is 10.2 Å². The molecule has 0 saturated heterocycles. The van der Waals surface area contributed by atoms with Crippen LogP contribution in [0.1, 0.15) is 24.5 Å². The molecular formula is C24H24N4O5S. The Hall–Kier alpha value is -3.66. The lowest BCUT2D eigenvalue weighted by atomic mass is 10.1. The van der Waals surface area contributed by atoms with Gasteiger partial charge in [-0.05, 0) is 36.8 Å². The van der Waals surface area contributed by atoms with E-state index in [1.165, 1.54) is 4.90 Å². The molecule has 9 nitrogen and oxygen atoms in total. The van der Waals surface area contributed by atoms with E-state index in [9.17, 15) is 14.4 Å². The molecule has 0 unspecified atom stereocenters. The van der Waals surface area contributed by atoms with Crippen LogP contribution in [0.4, 0.5) is 5.69 Å². The molecule has 2 aliphatic rings. The van der Waals surface area contributed by atoms with Gasteiger partial charge in [0, 0.05) is 12.1 Å². The van der Waals surface area contributed by atoms with Gasteiger partial charge in [0.2, 0.25) is 5.91 Å². The second-order valence-electron chi connectivity index (χ2n) is 7.48. The van der Waals surface area contributed by atoms with Crippen molar-refractivity contribution in [2.75, 3.05) is 19.5 Å². The van der Waals surface area contributed by atoms with Gasteiger partial charge in [-0.15, -0.1) is 0 Å². The number of amides is 2. The molecule has 0 spiro atoms. The van der Waals surface area contributed by atoms with Crippen molar-refractivity contribution >= 4 is 46.2 Å². The fraction of sp³-hybridized carbons (Fsp3) is 0.292. The summed E-state index contributed by atoms with van der Waals surface area (Å²) < 4.78 is 10.1. The normalized spacial score (nSPS) is 16.2. The van der Waals surface area contributed by atoms with Crippen LogP contribution in [0.5, 0.6) is 5.75 Å². The van der Waals surface area contributed by atoms with Gasteiger partial charge in [-0.25, -0.2) is 9.89 Å². The first-order valence-electron chi connectivity index (χ1n) is 10.8. The van der Waals surface area contributed by atoms with Gasteiger partial charge < -0.3 is 14.8 Å². The van der Waals surface area contributed by atoms with Crippen molar-refractivity contribution in [2.45, 2.75) is 25.9 Å². The summed E-state index contributed by atoms with van der Waals surface area (Å²) in [5.74, 6) is 0.156. The van der Waals surface area contributed by atoms with E-state index in [0.717, 1.165) is 23.1 Å². The predicted octanol–water partition coefficient (Wildman–Crippen LogP) is 2.66. The van der Waals surface area contributed by atoms with Crippen LogP contribution in [-0.2, 0) is 25.7 Å². The van der Waals surface area contributed by atoms with Crippen LogP contribution < -0.4 is 10.1 Å². The number of amidine groups is 2. The lowest BCUT2D eigenvalue weighted by Crippen LogP contribution is -2.42. The molecule has 1 atom stereocenters. The highest BCUT2D eigenvalue weighted by atomic mass is 32.2. The van der Waals surface area contributed by atoms with E-state index in [1.807, 2.05) is 48.5 Å². The molecule has 4 rings (SSSR count). The van der Waals surface area contributed by atoms with Crippen LogP contribution in [0.2, 0.25) is 0 Å². The number of thioether (sulfide) groups is 1. The number of esters is 1. The molecule has 176 valence electrons. The Morgan fingerprint density at radius 3 is 2.65 bits per heavy atom. The van der Waals surface area contributed by atoms with E-state index in [0.29, 0.717) is 28.8 Å². The van der Waals surface area contributed by atoms with Crippen LogP contribution in [0.3, 0.4) is 0 Å². The molecular weight excluding hydrogens is 456 g/mol. The fourth-order valence-corrected chi connectivity index (χ4v) is 4.35. The monoisotopic (exact) mass is 480 g/mol. The van der Waals surface area contributed by atoms with Crippen LogP contribution >= 0.6 is 11.8 Å². The number of rotatable bonds is 8. The Kier molecular flexibility index (Phi) is 7.27. The molecule has 34 heavy (non-hydrogen) atoms. The molecule has 0 saturated carbocycles. The summed E-state index contributed by atoms with van der Waals surface area (Å²) >= 11 is 1.11. The maximum atomic E-state index is 13.2. The average Bonchev–Trinajstić information content (AvgIpc) is 3.18. The largest absolute Gasteiger partial charge is 0.497 e. The standard InChI is InChI=1S/C24H24N4O5S/c1-3-33-21(30)14-34-24-27-18-7-5-4-6-17(18)22-26-19(23(31)28(22)24)12-20(29)25-13-15-8-10-16(32-2)11-9-15/h4-11,19H,3,12-14H2,1-2H3,(H,25,29)/t19-/m0/s1. The number of nitrogens with one attached hydrogen (secondary N) is 1. The van der Waals surface area contributed by atoms with E-state index in [4.69, 9.17) is 9.47 Å². The number of methoxy groups -OCH3 is 1. The van der Waals surface area contributed by atoms with Gasteiger partial charge in [-0.1, -0.05) is 36.0 Å². The Morgan fingerprint density at radius 2 is 1.91 bits per heavy atom. The Bertz CT molecular complexity index is 1160. The van der Waals surface area contributed by atoms with Gasteiger partial charge in [0.05, 0.1) is 31.6 Å². The van der Waals surface area contributed by atoms with Crippen molar-refractivity contribution in [3.8, 4) is 5.75 Å². The molecule has 0 aromatic heterocycles. The summed E-state index contributed by atoms with van der Waals surface area (Å²) in [7, 11) is 1.59. The number of fused-ring (bicyclic) bond motifs is 3. The van der Waals surface area contributed by atoms with E-state index >= 15 is 0 Å². The minimum absolute atomic E-state index is 0.0128. The molecule has 1 N–H and O–H groups in total. The van der Waals surface area contributed by atoms with Gasteiger partial charge >= 0.3 is 5.97 Å². The molecule has 2 aromatic rings. The molecule has 2 amide bonds. The summed E-state index contributed by atoms with van der Waals surface area (Å²) in [5.41, 5.74) is 2.27. The predicted molar refractivity (Wildman–Crippen MR) is 129 cm³/mol. The van der Waals surface area contributed by atoms with Crippen LogP contribution in [0, 0.1) is 0 Å². The maximum absolute atomic E-state index is 13.2. The number of hydrogen-bond acceptors (Lipinski definition) is 8. The first kappa shape index (κ1) is 23.5. The second-order valence-corrected chi connectivity index (χ2v) is 8.42. The molecule has 2 heterocycles. The number of hydrogen-bond donors (Lipinski definition) is 1. The summed E-state index contributed by atoms with van der Waals surface area (Å²) in [5, 5.41) is 3.18. The van der Waals surface area contributed by atoms with Crippen molar-refractivity contribution in [1.29, 1.82) is 0 Å². The van der Waals surface area contributed by atoms with Gasteiger partial charge in [-0.2, -0.15) is 0 Å². The molecule has 2 aromatic carbocycles. The van der Waals surface area contributed by atoms with E-state index in [1.54, 1.807) is 14.0 Å². The van der Waals surface area contributed by atoms with Crippen LogP contribution in [-0.4, -0.2) is 59.2 Å². The van der Waals surface area contributed by atoms with Crippen molar-refractivity contribution in [3.05, 3.63) is 59.7 Å². The average molecular weight is 481 g/mol. The lowest BCUT2D eigenvalue weighted by Gasteiger charge is -2.25. The van der Waals surface area contributed by atoms with E-state index in [-0.39, 0.29) is 30.6 Å². The second kappa shape index (κ2) is 10.5. The van der Waals surface area contributed by atoms with Gasteiger partial charge in [-0.3, -0.25) is 19.4 Å². The van der Waals surface area contributed by atoms with Gasteiger partial charge in [0.1, 0.15) is 17.6 Å². The van der Waals surface area contributed by atoms with Crippen LogP contribution in [0.25, 0.3) is 0 Å². The number of benzene rings is 2. The van der Waals surface area contributed by atoms with Gasteiger partial charge in [0.15, 0.2) is 5.17 Å².